The first-order valence-corrected chi connectivity index (χ1v) is 9.18. The number of aryl methyl sites for hydroxylation is 1. The standard InChI is InChI=1S/C19H23N5O2/c1-2-22-8-5-15(9-18(22)25)19(26)24-12-14-3-4-16(24)13-23(11-14)17-10-20-6-7-21-17/h5-10,14,16H,2-4,11-13H2,1H3/t14-,16+/m0/s1. The summed E-state index contributed by atoms with van der Waals surface area (Å²) < 4.78 is 1.60. The second kappa shape index (κ2) is 6.90. The van der Waals surface area contributed by atoms with Gasteiger partial charge < -0.3 is 14.4 Å². The second-order valence-corrected chi connectivity index (χ2v) is 7.06. The van der Waals surface area contributed by atoms with E-state index in [-0.39, 0.29) is 17.5 Å². The SMILES string of the molecule is CCn1ccc(C(=O)N2C[C@H]3CC[C@@H]2CN(c2cnccn2)C3)cc1=O. The van der Waals surface area contributed by atoms with Crippen LogP contribution in [0.4, 0.5) is 5.82 Å². The van der Waals surface area contributed by atoms with Gasteiger partial charge in [0, 0.05) is 62.4 Å². The van der Waals surface area contributed by atoms with Crippen LogP contribution < -0.4 is 10.5 Å². The Bertz CT molecular complexity index is 851. The summed E-state index contributed by atoms with van der Waals surface area (Å²) >= 11 is 0. The predicted molar refractivity (Wildman–Crippen MR) is 98.2 cm³/mol. The molecule has 2 atom stereocenters. The van der Waals surface area contributed by atoms with E-state index in [4.69, 9.17) is 0 Å². The maximum absolute atomic E-state index is 13.1. The van der Waals surface area contributed by atoms with E-state index in [9.17, 15) is 9.59 Å². The largest absolute Gasteiger partial charge is 0.353 e. The predicted octanol–water partition coefficient (Wildman–Crippen LogP) is 1.40. The lowest BCUT2D eigenvalue weighted by molar-refractivity contribution is 0.0591. The highest BCUT2D eigenvalue weighted by Crippen LogP contribution is 2.30. The number of amides is 1. The molecule has 1 amide bonds. The molecule has 2 aromatic heterocycles. The summed E-state index contributed by atoms with van der Waals surface area (Å²) in [6.45, 7) is 4.90. The molecule has 3 fully saturated rings. The number of carbonyl (C=O) groups excluding carboxylic acids is 1. The third-order valence-electron chi connectivity index (χ3n) is 5.43. The van der Waals surface area contributed by atoms with E-state index in [1.807, 2.05) is 11.8 Å². The highest BCUT2D eigenvalue weighted by atomic mass is 16.2. The fourth-order valence-electron chi connectivity index (χ4n) is 4.04. The zero-order valence-corrected chi connectivity index (χ0v) is 14.9. The van der Waals surface area contributed by atoms with Crippen molar-refractivity contribution in [2.45, 2.75) is 32.4 Å². The summed E-state index contributed by atoms with van der Waals surface area (Å²) in [6.07, 6.45) is 8.96. The number of carbonyl (C=O) groups is 1. The van der Waals surface area contributed by atoms with Crippen molar-refractivity contribution in [2.75, 3.05) is 24.5 Å². The van der Waals surface area contributed by atoms with Gasteiger partial charge in [0.25, 0.3) is 11.5 Å². The molecule has 7 heteroatoms. The van der Waals surface area contributed by atoms with E-state index in [1.54, 1.807) is 35.4 Å². The third kappa shape index (κ3) is 3.09. The number of fused-ring (bicyclic) bond motifs is 4. The van der Waals surface area contributed by atoms with Gasteiger partial charge in [-0.3, -0.25) is 14.6 Å². The van der Waals surface area contributed by atoms with Crippen molar-refractivity contribution in [3.8, 4) is 0 Å². The van der Waals surface area contributed by atoms with Crippen molar-refractivity contribution in [1.29, 1.82) is 0 Å². The Labute approximate surface area is 152 Å². The number of piperidine rings is 1. The molecule has 2 bridgehead atoms. The van der Waals surface area contributed by atoms with Gasteiger partial charge in [-0.2, -0.15) is 0 Å². The Hall–Kier alpha value is -2.70. The average Bonchev–Trinajstić information content (AvgIpc) is 3.00. The normalized spacial score (nSPS) is 22.3. The summed E-state index contributed by atoms with van der Waals surface area (Å²) in [5, 5.41) is 0. The Morgan fingerprint density at radius 1 is 1.23 bits per heavy atom. The Balaban J connectivity index is 1.57. The molecule has 5 heterocycles. The van der Waals surface area contributed by atoms with Crippen molar-refractivity contribution in [3.63, 3.8) is 0 Å². The number of aromatic nitrogens is 3. The quantitative estimate of drug-likeness (QED) is 0.834. The van der Waals surface area contributed by atoms with Crippen LogP contribution in [0.15, 0.2) is 41.7 Å². The van der Waals surface area contributed by atoms with E-state index in [0.29, 0.717) is 18.0 Å². The van der Waals surface area contributed by atoms with E-state index in [0.717, 1.165) is 38.3 Å². The maximum atomic E-state index is 13.1. The van der Waals surface area contributed by atoms with Gasteiger partial charge in [-0.25, -0.2) is 4.98 Å². The summed E-state index contributed by atoms with van der Waals surface area (Å²) in [6, 6.07) is 3.36. The molecule has 7 nitrogen and oxygen atoms in total. The van der Waals surface area contributed by atoms with Crippen LogP contribution in [0.3, 0.4) is 0 Å². The lowest BCUT2D eigenvalue weighted by atomic mass is 9.94. The fourth-order valence-corrected chi connectivity index (χ4v) is 4.04. The minimum atomic E-state index is -0.125. The highest BCUT2D eigenvalue weighted by molar-refractivity contribution is 5.94. The van der Waals surface area contributed by atoms with Crippen LogP contribution in [0.1, 0.15) is 30.1 Å². The molecule has 2 aromatic rings. The van der Waals surface area contributed by atoms with Gasteiger partial charge in [0.05, 0.1) is 6.20 Å². The number of pyridine rings is 1. The van der Waals surface area contributed by atoms with E-state index in [1.165, 1.54) is 6.07 Å². The van der Waals surface area contributed by atoms with Gasteiger partial charge in [0.2, 0.25) is 0 Å². The third-order valence-corrected chi connectivity index (χ3v) is 5.43. The monoisotopic (exact) mass is 353 g/mol. The first kappa shape index (κ1) is 16.8. The van der Waals surface area contributed by atoms with E-state index >= 15 is 0 Å². The van der Waals surface area contributed by atoms with Crippen LogP contribution in [0, 0.1) is 5.92 Å². The second-order valence-electron chi connectivity index (χ2n) is 7.06. The van der Waals surface area contributed by atoms with Crippen molar-refractivity contribution >= 4 is 11.7 Å². The fraction of sp³-hybridized carbons (Fsp3) is 0.474. The highest BCUT2D eigenvalue weighted by Gasteiger charge is 2.38. The van der Waals surface area contributed by atoms with Crippen LogP contribution in [0.25, 0.3) is 0 Å². The van der Waals surface area contributed by atoms with Crippen LogP contribution >= 0.6 is 0 Å². The Morgan fingerprint density at radius 2 is 2.12 bits per heavy atom. The Kier molecular flexibility index (Phi) is 4.44. The molecule has 0 radical (unpaired) electrons. The van der Waals surface area contributed by atoms with Gasteiger partial charge in [0.1, 0.15) is 5.82 Å². The molecule has 26 heavy (non-hydrogen) atoms. The molecule has 3 aliphatic rings. The number of rotatable bonds is 3. The zero-order valence-electron chi connectivity index (χ0n) is 14.9. The number of nitrogens with zero attached hydrogens (tertiary/aromatic N) is 5. The first-order chi connectivity index (χ1) is 12.7. The maximum Gasteiger partial charge on any atom is 0.254 e. The molecule has 0 aromatic carbocycles. The molecule has 0 N–H and O–H groups in total. The molecule has 0 spiro atoms. The van der Waals surface area contributed by atoms with Crippen LogP contribution in [0.2, 0.25) is 0 Å². The summed E-state index contributed by atoms with van der Waals surface area (Å²) in [7, 11) is 0. The van der Waals surface area contributed by atoms with E-state index in [2.05, 4.69) is 14.9 Å². The molecule has 0 aliphatic carbocycles. The Morgan fingerprint density at radius 3 is 2.85 bits per heavy atom. The molecule has 3 saturated heterocycles. The van der Waals surface area contributed by atoms with E-state index < -0.39 is 0 Å². The first-order valence-electron chi connectivity index (χ1n) is 9.18. The molecular formula is C19H23N5O2. The smallest absolute Gasteiger partial charge is 0.254 e. The van der Waals surface area contributed by atoms with Gasteiger partial charge in [-0.1, -0.05) is 0 Å². The van der Waals surface area contributed by atoms with Crippen LogP contribution in [-0.4, -0.2) is 51.0 Å². The zero-order chi connectivity index (χ0) is 18.1. The van der Waals surface area contributed by atoms with Crippen LogP contribution in [-0.2, 0) is 6.54 Å². The number of hydrogen-bond acceptors (Lipinski definition) is 5. The van der Waals surface area contributed by atoms with Crippen molar-refractivity contribution in [2.24, 2.45) is 5.92 Å². The summed E-state index contributed by atoms with van der Waals surface area (Å²) in [5.74, 6) is 1.24. The molecule has 0 saturated carbocycles. The van der Waals surface area contributed by atoms with Gasteiger partial charge in [-0.05, 0) is 31.7 Å². The molecule has 3 aliphatic heterocycles. The summed E-state index contributed by atoms with van der Waals surface area (Å²) in [4.78, 5) is 37.9. The van der Waals surface area contributed by atoms with Gasteiger partial charge in [0.15, 0.2) is 0 Å². The molecule has 136 valence electrons. The lowest BCUT2D eigenvalue weighted by Gasteiger charge is -2.36. The lowest BCUT2D eigenvalue weighted by Crippen LogP contribution is -2.47. The summed E-state index contributed by atoms with van der Waals surface area (Å²) in [5.41, 5.74) is 0.359. The van der Waals surface area contributed by atoms with Gasteiger partial charge >= 0.3 is 0 Å². The minimum absolute atomic E-state index is 0.0407. The number of hydrogen-bond donors (Lipinski definition) is 0. The van der Waals surface area contributed by atoms with Crippen molar-refractivity contribution < 1.29 is 4.79 Å². The van der Waals surface area contributed by atoms with Crippen LogP contribution in [0.5, 0.6) is 0 Å². The molecule has 0 unspecified atom stereocenters. The molecule has 5 rings (SSSR count). The van der Waals surface area contributed by atoms with Crippen molar-refractivity contribution in [1.82, 2.24) is 19.4 Å². The topological polar surface area (TPSA) is 71.3 Å². The number of anilines is 1. The average molecular weight is 353 g/mol. The molecular weight excluding hydrogens is 330 g/mol. The van der Waals surface area contributed by atoms with Crippen molar-refractivity contribution in [3.05, 3.63) is 52.8 Å². The van der Waals surface area contributed by atoms with Gasteiger partial charge in [-0.15, -0.1) is 0 Å². The minimum Gasteiger partial charge on any atom is -0.353 e.